The average Bonchev–Trinajstić information content (AvgIpc) is 2.69. The fourth-order valence-corrected chi connectivity index (χ4v) is 2.73. The first-order valence-electron chi connectivity index (χ1n) is 9.97. The summed E-state index contributed by atoms with van der Waals surface area (Å²) in [6, 6.07) is 10.9. The lowest BCUT2D eigenvalue weighted by atomic mass is 10.2. The third kappa shape index (κ3) is 7.04. The Bertz CT molecular complexity index is 993. The van der Waals surface area contributed by atoms with Crippen molar-refractivity contribution in [1.29, 1.82) is 0 Å². The molecule has 0 saturated heterocycles. The molecular weight excluding hydrogens is 379 g/mol. The van der Waals surface area contributed by atoms with Crippen LogP contribution < -0.4 is 31.1 Å². The molecule has 3 N–H and O–H groups in total. The fraction of sp³-hybridized carbons (Fsp3) is 0.292. The van der Waals surface area contributed by atoms with Crippen LogP contribution in [-0.4, -0.2) is 33.0 Å². The van der Waals surface area contributed by atoms with Gasteiger partial charge >= 0.3 is 0 Å². The maximum Gasteiger partial charge on any atom is 0.140 e. The number of hydrogen-bond donors (Lipinski definition) is 3. The molecule has 0 fully saturated rings. The summed E-state index contributed by atoms with van der Waals surface area (Å²) in [4.78, 5) is 4.33. The van der Waals surface area contributed by atoms with Crippen molar-refractivity contribution in [3.63, 3.8) is 0 Å². The zero-order chi connectivity index (χ0) is 21.9. The van der Waals surface area contributed by atoms with Gasteiger partial charge in [-0.2, -0.15) is 0 Å². The lowest BCUT2D eigenvalue weighted by Gasteiger charge is -2.11. The van der Waals surface area contributed by atoms with E-state index in [-0.39, 0.29) is 0 Å². The maximum absolute atomic E-state index is 14.9. The molecule has 0 atom stereocenters. The lowest BCUT2D eigenvalue weighted by molar-refractivity contribution is 0.316. The molecule has 6 heteroatoms. The minimum Gasteiger partial charge on any atom is -0.492 e. The standard InChI is InChI=1S/C24H31FN4O/c1-6-27-24(23-18(4)15-21(16-22(23)25)30-14-13-26-5)29-20-9-7-19(8-10-20)28-12-11-17(2)3/h6-11,15-16,26,28-29H,4,12-14H2,1-3,5H3/b24-23-,27-6?. The number of rotatable bonds is 10. The Morgan fingerprint density at radius 1 is 1.17 bits per heavy atom. The minimum absolute atomic E-state index is 0.319. The number of allylic oxidation sites excluding steroid dienone is 1. The van der Waals surface area contributed by atoms with Crippen molar-refractivity contribution in [3.05, 3.63) is 64.3 Å². The number of benzene rings is 2. The number of anilines is 2. The highest BCUT2D eigenvalue weighted by Crippen LogP contribution is 2.16. The molecule has 0 saturated carbocycles. The van der Waals surface area contributed by atoms with Crippen molar-refractivity contribution in [2.24, 2.45) is 4.99 Å². The van der Waals surface area contributed by atoms with Crippen molar-refractivity contribution < 1.29 is 9.13 Å². The number of nitrogens with one attached hydrogen (secondary N) is 3. The smallest absolute Gasteiger partial charge is 0.140 e. The van der Waals surface area contributed by atoms with E-state index in [1.807, 2.05) is 31.3 Å². The van der Waals surface area contributed by atoms with E-state index in [2.05, 4.69) is 47.4 Å². The SMILES string of the molecule is C=c1cc(OCCNC)cc(F)/c1=C(/N=CC)Nc1ccc(NCC=C(C)C)cc1. The molecule has 30 heavy (non-hydrogen) atoms. The Morgan fingerprint density at radius 3 is 2.47 bits per heavy atom. The molecule has 0 amide bonds. The second-order valence-corrected chi connectivity index (χ2v) is 6.99. The molecule has 2 rings (SSSR count). The highest BCUT2D eigenvalue weighted by molar-refractivity contribution is 5.72. The zero-order valence-electron chi connectivity index (χ0n) is 18.2. The number of aliphatic imine (C=N–C) groups is 1. The number of likely N-dealkylation sites (N-methyl/N-ethyl adjacent to an activating group) is 1. The summed E-state index contributed by atoms with van der Waals surface area (Å²) in [5.74, 6) is 0.408. The summed E-state index contributed by atoms with van der Waals surface area (Å²) in [6.07, 6.45) is 3.74. The first kappa shape index (κ1) is 23.2. The molecule has 2 aromatic carbocycles. The van der Waals surface area contributed by atoms with Gasteiger partial charge in [-0.25, -0.2) is 9.38 Å². The van der Waals surface area contributed by atoms with E-state index in [1.165, 1.54) is 11.6 Å². The minimum atomic E-state index is -0.435. The summed E-state index contributed by atoms with van der Waals surface area (Å²) in [5, 5.41) is 10.3. The highest BCUT2D eigenvalue weighted by Gasteiger charge is 2.07. The van der Waals surface area contributed by atoms with Crippen LogP contribution in [0.4, 0.5) is 15.8 Å². The molecule has 0 radical (unpaired) electrons. The van der Waals surface area contributed by atoms with Gasteiger partial charge in [0.2, 0.25) is 0 Å². The Hall–Kier alpha value is -3.12. The lowest BCUT2D eigenvalue weighted by Crippen LogP contribution is -2.31. The van der Waals surface area contributed by atoms with Gasteiger partial charge in [-0.3, -0.25) is 0 Å². The van der Waals surface area contributed by atoms with Crippen molar-refractivity contribution >= 4 is 30.0 Å². The number of hydrogen-bond acceptors (Lipinski definition) is 5. The molecule has 0 spiro atoms. The number of ether oxygens (including phenoxy) is 1. The summed E-state index contributed by atoms with van der Waals surface area (Å²) in [7, 11) is 1.83. The molecule has 5 nitrogen and oxygen atoms in total. The normalized spacial score (nSPS) is 11.9. The largest absolute Gasteiger partial charge is 0.492 e. The van der Waals surface area contributed by atoms with Crippen LogP contribution in [0.5, 0.6) is 5.75 Å². The van der Waals surface area contributed by atoms with Crippen molar-refractivity contribution in [2.75, 3.05) is 37.4 Å². The van der Waals surface area contributed by atoms with Crippen molar-refractivity contribution in [2.45, 2.75) is 20.8 Å². The topological polar surface area (TPSA) is 57.7 Å². The number of nitrogens with zero attached hydrogens (tertiary/aromatic N) is 1. The molecule has 160 valence electrons. The Labute approximate surface area is 178 Å². The van der Waals surface area contributed by atoms with Gasteiger partial charge < -0.3 is 20.7 Å². The average molecular weight is 411 g/mol. The Morgan fingerprint density at radius 2 is 1.87 bits per heavy atom. The van der Waals surface area contributed by atoms with Gasteiger partial charge in [0.15, 0.2) is 0 Å². The number of halogens is 1. The van der Waals surface area contributed by atoms with E-state index in [4.69, 9.17) is 4.74 Å². The summed E-state index contributed by atoms with van der Waals surface area (Å²) >= 11 is 0. The molecule has 2 aromatic rings. The van der Waals surface area contributed by atoms with Crippen LogP contribution in [0.1, 0.15) is 20.8 Å². The molecule has 0 heterocycles. The highest BCUT2D eigenvalue weighted by atomic mass is 19.1. The van der Waals surface area contributed by atoms with Crippen molar-refractivity contribution in [1.82, 2.24) is 5.32 Å². The quantitative estimate of drug-likeness (QED) is 0.319. The first-order valence-corrected chi connectivity index (χ1v) is 9.97. The van der Waals surface area contributed by atoms with E-state index in [0.717, 1.165) is 17.9 Å². The summed E-state index contributed by atoms with van der Waals surface area (Å²) in [5.41, 5.74) is 3.07. The van der Waals surface area contributed by atoms with Crippen LogP contribution in [0.25, 0.3) is 12.4 Å². The van der Waals surface area contributed by atoms with Gasteiger partial charge in [-0.1, -0.05) is 18.2 Å². The van der Waals surface area contributed by atoms with E-state index in [0.29, 0.717) is 35.2 Å². The van der Waals surface area contributed by atoms with Gasteiger partial charge in [-0.15, -0.1) is 0 Å². The van der Waals surface area contributed by atoms with Gasteiger partial charge in [0.1, 0.15) is 24.0 Å². The third-order valence-corrected chi connectivity index (χ3v) is 4.23. The monoisotopic (exact) mass is 410 g/mol. The van der Waals surface area contributed by atoms with Crippen LogP contribution in [0.2, 0.25) is 0 Å². The second-order valence-electron chi connectivity index (χ2n) is 6.99. The van der Waals surface area contributed by atoms with E-state index < -0.39 is 5.82 Å². The zero-order valence-corrected chi connectivity index (χ0v) is 18.2. The molecule has 0 unspecified atom stereocenters. The summed E-state index contributed by atoms with van der Waals surface area (Å²) < 4.78 is 20.4. The molecular formula is C24H31FN4O. The predicted molar refractivity (Wildman–Crippen MR) is 126 cm³/mol. The second kappa shape index (κ2) is 11.8. The Balaban J connectivity index is 2.28. The molecule has 0 aliphatic rings. The van der Waals surface area contributed by atoms with Crippen LogP contribution in [-0.2, 0) is 0 Å². The van der Waals surface area contributed by atoms with Crippen LogP contribution >= 0.6 is 0 Å². The van der Waals surface area contributed by atoms with Crippen LogP contribution in [0.15, 0.2) is 53.0 Å². The van der Waals surface area contributed by atoms with E-state index >= 15 is 0 Å². The summed E-state index contributed by atoms with van der Waals surface area (Å²) in [6.45, 7) is 11.8. The van der Waals surface area contributed by atoms with E-state index in [1.54, 1.807) is 19.2 Å². The van der Waals surface area contributed by atoms with Gasteiger partial charge in [0.25, 0.3) is 0 Å². The first-order chi connectivity index (χ1) is 14.4. The predicted octanol–water partition coefficient (Wildman–Crippen LogP) is 3.48. The van der Waals surface area contributed by atoms with Crippen molar-refractivity contribution in [3.8, 4) is 5.75 Å². The van der Waals surface area contributed by atoms with Gasteiger partial charge in [0, 0.05) is 36.7 Å². The molecule has 0 aliphatic heterocycles. The third-order valence-electron chi connectivity index (χ3n) is 4.23. The molecule has 0 aliphatic carbocycles. The Kier molecular flexibility index (Phi) is 9.09. The fourth-order valence-electron chi connectivity index (χ4n) is 2.73. The van der Waals surface area contributed by atoms with Crippen LogP contribution in [0, 0.1) is 5.82 Å². The van der Waals surface area contributed by atoms with Crippen LogP contribution in [0.3, 0.4) is 0 Å². The maximum atomic E-state index is 14.9. The molecule has 0 bridgehead atoms. The van der Waals surface area contributed by atoms with Gasteiger partial charge in [-0.05, 0) is 63.4 Å². The molecule has 0 aromatic heterocycles. The van der Waals surface area contributed by atoms with E-state index in [9.17, 15) is 4.39 Å². The van der Waals surface area contributed by atoms with Gasteiger partial charge in [0.05, 0.1) is 5.22 Å².